The molecule has 23 heavy (non-hydrogen) atoms. The van der Waals surface area contributed by atoms with E-state index in [1.807, 2.05) is 0 Å². The summed E-state index contributed by atoms with van der Waals surface area (Å²) in [7, 11) is 0. The molecule has 2 fully saturated rings. The number of aryl methyl sites for hydroxylation is 1. The van der Waals surface area contributed by atoms with Crippen molar-refractivity contribution in [1.82, 2.24) is 4.98 Å². The van der Waals surface area contributed by atoms with Crippen LogP contribution in [0.5, 0.6) is 0 Å². The van der Waals surface area contributed by atoms with Gasteiger partial charge in [0, 0.05) is 11.8 Å². The molecule has 1 nitrogen and oxygen atoms in total. The van der Waals surface area contributed by atoms with Gasteiger partial charge in [-0.1, -0.05) is 43.9 Å². The first-order valence-corrected chi connectivity index (χ1v) is 9.38. The Morgan fingerprint density at radius 1 is 0.870 bits per heavy atom. The third kappa shape index (κ3) is 3.06. The van der Waals surface area contributed by atoms with E-state index in [0.29, 0.717) is 0 Å². The summed E-state index contributed by atoms with van der Waals surface area (Å²) < 4.78 is 0. The van der Waals surface area contributed by atoms with Gasteiger partial charge in [-0.3, -0.25) is 4.98 Å². The van der Waals surface area contributed by atoms with Crippen LogP contribution in [0, 0.1) is 6.92 Å². The maximum absolute atomic E-state index is 4.75. The van der Waals surface area contributed by atoms with E-state index in [4.69, 9.17) is 4.98 Å². The van der Waals surface area contributed by atoms with E-state index >= 15 is 0 Å². The first kappa shape index (κ1) is 14.9. The van der Waals surface area contributed by atoms with E-state index in [-0.39, 0.29) is 0 Å². The van der Waals surface area contributed by atoms with Gasteiger partial charge in [-0.05, 0) is 73.3 Å². The Morgan fingerprint density at radius 3 is 2.30 bits per heavy atom. The summed E-state index contributed by atoms with van der Waals surface area (Å²) in [5, 5.41) is 0. The fourth-order valence-corrected chi connectivity index (χ4v) is 4.58. The zero-order chi connectivity index (χ0) is 15.6. The molecule has 1 aromatic carbocycles. The summed E-state index contributed by atoms with van der Waals surface area (Å²) in [6.45, 7) is 2.22. The zero-order valence-electron chi connectivity index (χ0n) is 14.2. The highest BCUT2D eigenvalue weighted by molar-refractivity contribution is 5.62. The molecule has 0 atom stereocenters. The van der Waals surface area contributed by atoms with Crippen molar-refractivity contribution in [3.63, 3.8) is 0 Å². The van der Waals surface area contributed by atoms with Crippen LogP contribution in [0.15, 0.2) is 36.5 Å². The molecule has 2 aromatic rings. The lowest BCUT2D eigenvalue weighted by Gasteiger charge is -2.15. The van der Waals surface area contributed by atoms with Crippen LogP contribution >= 0.6 is 0 Å². The highest BCUT2D eigenvalue weighted by atomic mass is 14.7. The third-order valence-corrected chi connectivity index (χ3v) is 5.95. The molecular formula is C22H27N. The molecule has 0 bridgehead atoms. The predicted molar refractivity (Wildman–Crippen MR) is 96.8 cm³/mol. The Labute approximate surface area is 140 Å². The Hall–Kier alpha value is -1.63. The van der Waals surface area contributed by atoms with Crippen LogP contribution in [0.25, 0.3) is 11.3 Å². The maximum Gasteiger partial charge on any atom is 0.0705 e. The maximum atomic E-state index is 4.75. The minimum absolute atomic E-state index is 0.759. The molecule has 0 aliphatic heterocycles. The highest BCUT2D eigenvalue weighted by Crippen LogP contribution is 2.38. The molecule has 1 heteroatoms. The predicted octanol–water partition coefficient (Wildman–Crippen LogP) is 6.37. The second kappa shape index (κ2) is 6.47. The number of hydrogen-bond acceptors (Lipinski definition) is 1. The van der Waals surface area contributed by atoms with Gasteiger partial charge in [0.15, 0.2) is 0 Å². The summed E-state index contributed by atoms with van der Waals surface area (Å²) in [4.78, 5) is 4.75. The van der Waals surface area contributed by atoms with Crippen molar-refractivity contribution in [2.75, 3.05) is 0 Å². The summed E-state index contributed by atoms with van der Waals surface area (Å²) in [6.07, 6.45) is 13.1. The zero-order valence-corrected chi connectivity index (χ0v) is 14.2. The average Bonchev–Trinajstić information content (AvgIpc) is 3.29. The molecule has 0 spiro atoms. The van der Waals surface area contributed by atoms with Crippen molar-refractivity contribution in [2.45, 2.75) is 70.1 Å². The lowest BCUT2D eigenvalue weighted by molar-refractivity contribution is 0.716. The lowest BCUT2D eigenvalue weighted by atomic mass is 9.91. The van der Waals surface area contributed by atoms with Crippen molar-refractivity contribution in [3.8, 4) is 11.3 Å². The van der Waals surface area contributed by atoms with Crippen molar-refractivity contribution in [3.05, 3.63) is 53.2 Å². The minimum Gasteiger partial charge on any atom is -0.256 e. The van der Waals surface area contributed by atoms with Crippen LogP contribution in [0.2, 0.25) is 0 Å². The number of nitrogens with zero attached hydrogens (tertiary/aromatic N) is 1. The summed E-state index contributed by atoms with van der Waals surface area (Å²) in [5.74, 6) is 1.53. The smallest absolute Gasteiger partial charge is 0.0705 e. The Kier molecular flexibility index (Phi) is 4.20. The second-order valence-electron chi connectivity index (χ2n) is 7.51. The number of pyridine rings is 1. The van der Waals surface area contributed by atoms with Gasteiger partial charge in [0.2, 0.25) is 0 Å². The number of benzene rings is 1. The molecule has 2 aliphatic carbocycles. The Morgan fingerprint density at radius 2 is 1.57 bits per heavy atom. The van der Waals surface area contributed by atoms with E-state index in [0.717, 1.165) is 17.5 Å². The fourth-order valence-electron chi connectivity index (χ4n) is 4.58. The van der Waals surface area contributed by atoms with Crippen LogP contribution in [-0.4, -0.2) is 4.98 Å². The first-order valence-electron chi connectivity index (χ1n) is 9.38. The molecule has 2 aliphatic rings. The quantitative estimate of drug-likeness (QED) is 0.642. The molecule has 0 amide bonds. The van der Waals surface area contributed by atoms with Gasteiger partial charge in [0.1, 0.15) is 0 Å². The van der Waals surface area contributed by atoms with Crippen molar-refractivity contribution in [1.29, 1.82) is 0 Å². The fraction of sp³-hybridized carbons (Fsp3) is 0.500. The molecule has 0 radical (unpaired) electrons. The van der Waals surface area contributed by atoms with Gasteiger partial charge in [0.05, 0.1) is 5.69 Å². The number of aromatic nitrogens is 1. The monoisotopic (exact) mass is 305 g/mol. The van der Waals surface area contributed by atoms with Gasteiger partial charge in [0.25, 0.3) is 0 Å². The van der Waals surface area contributed by atoms with Crippen LogP contribution in [0.3, 0.4) is 0 Å². The topological polar surface area (TPSA) is 12.9 Å². The largest absolute Gasteiger partial charge is 0.256 e. The molecule has 0 saturated heterocycles. The molecular weight excluding hydrogens is 278 g/mol. The van der Waals surface area contributed by atoms with Crippen molar-refractivity contribution < 1.29 is 0 Å². The van der Waals surface area contributed by atoms with Gasteiger partial charge in [-0.15, -0.1) is 0 Å². The summed E-state index contributed by atoms with van der Waals surface area (Å²) in [5.41, 5.74) is 6.89. The van der Waals surface area contributed by atoms with E-state index < -0.39 is 0 Å². The van der Waals surface area contributed by atoms with Gasteiger partial charge >= 0.3 is 0 Å². The van der Waals surface area contributed by atoms with Crippen molar-refractivity contribution in [2.24, 2.45) is 0 Å². The number of hydrogen-bond donors (Lipinski definition) is 0. The van der Waals surface area contributed by atoms with E-state index in [1.165, 1.54) is 68.1 Å². The lowest BCUT2D eigenvalue weighted by Crippen LogP contribution is -1.99. The normalized spacial score (nSPS) is 19.5. The summed E-state index contributed by atoms with van der Waals surface area (Å²) >= 11 is 0. The SMILES string of the molecule is Cc1cnc(-c2cccc(C3CCCC3)c2)cc1C1CCCC1. The van der Waals surface area contributed by atoms with Crippen molar-refractivity contribution >= 4 is 0 Å². The van der Waals surface area contributed by atoms with Gasteiger partial charge in [-0.2, -0.15) is 0 Å². The van der Waals surface area contributed by atoms with Crippen LogP contribution in [-0.2, 0) is 0 Å². The second-order valence-corrected chi connectivity index (χ2v) is 7.51. The van der Waals surface area contributed by atoms with Crippen LogP contribution in [0.4, 0.5) is 0 Å². The van der Waals surface area contributed by atoms with Gasteiger partial charge < -0.3 is 0 Å². The van der Waals surface area contributed by atoms with Gasteiger partial charge in [-0.25, -0.2) is 0 Å². The molecule has 2 saturated carbocycles. The third-order valence-electron chi connectivity index (χ3n) is 5.95. The molecule has 4 rings (SSSR count). The van der Waals surface area contributed by atoms with E-state index in [1.54, 1.807) is 5.56 Å². The highest BCUT2D eigenvalue weighted by Gasteiger charge is 2.20. The van der Waals surface area contributed by atoms with E-state index in [9.17, 15) is 0 Å². The molecule has 1 aromatic heterocycles. The summed E-state index contributed by atoms with van der Waals surface area (Å²) in [6, 6.07) is 11.5. The molecule has 1 heterocycles. The standard InChI is InChI=1S/C22H27N/c1-16-15-23-22(14-21(16)18-9-4-5-10-18)20-12-6-11-19(13-20)17-7-2-3-8-17/h6,11-15,17-18H,2-5,7-10H2,1H3. The Balaban J connectivity index is 1.67. The van der Waals surface area contributed by atoms with E-state index in [2.05, 4.69) is 43.5 Å². The molecule has 0 unspecified atom stereocenters. The van der Waals surface area contributed by atoms with Crippen LogP contribution in [0.1, 0.15) is 79.9 Å². The van der Waals surface area contributed by atoms with Crippen LogP contribution < -0.4 is 0 Å². The molecule has 120 valence electrons. The number of rotatable bonds is 3. The minimum atomic E-state index is 0.759. The molecule has 0 N–H and O–H groups in total. The average molecular weight is 305 g/mol. The first-order chi connectivity index (χ1) is 11.3. The Bertz CT molecular complexity index is 676.